The third-order valence-electron chi connectivity index (χ3n) is 16.1. The van der Waals surface area contributed by atoms with Crippen LogP contribution in [0.4, 0.5) is 17.1 Å². The van der Waals surface area contributed by atoms with E-state index in [1.165, 1.54) is 105 Å². The van der Waals surface area contributed by atoms with Gasteiger partial charge < -0.3 is 4.90 Å². The third kappa shape index (κ3) is 5.05. The lowest BCUT2D eigenvalue weighted by molar-refractivity contribution is 0.326. The third-order valence-corrected chi connectivity index (χ3v) is 16.1. The highest BCUT2D eigenvalue weighted by Gasteiger charge is 2.58. The maximum Gasteiger partial charge on any atom is 0.0467 e. The molecule has 12 rings (SSSR count). The van der Waals surface area contributed by atoms with Gasteiger partial charge >= 0.3 is 0 Å². The standard InChI is InChI=1S/C59H55N/c1-56(2)36-57(3,4)55-34-53-49(33-54(55)56)48-28-26-45(32-52(48)59(53)35-37-19-24-42(59)29-37)60(44-25-27-47-46-17-10-11-18-50(46)58(5,6)51(47)31-44)43-16-12-15-41(30-43)40-22-20-39(21-23-40)38-13-8-7-9-14-38/h7-18,20-23,25-28,30-34,37,42H,19,24,29,35-36H2,1-6H3. The normalized spacial score (nSPS) is 22.6. The molecule has 0 N–H and O–H groups in total. The van der Waals surface area contributed by atoms with Crippen LogP contribution in [0.2, 0.25) is 0 Å². The van der Waals surface area contributed by atoms with E-state index >= 15 is 0 Å². The van der Waals surface area contributed by atoms with Crippen LogP contribution in [-0.2, 0) is 21.7 Å². The van der Waals surface area contributed by atoms with Crippen molar-refractivity contribution in [3.05, 3.63) is 185 Å². The monoisotopic (exact) mass is 777 g/mol. The molecule has 0 amide bonds. The number of benzene rings is 7. The van der Waals surface area contributed by atoms with Crippen LogP contribution in [0.3, 0.4) is 0 Å². The molecule has 0 heterocycles. The molecule has 3 unspecified atom stereocenters. The zero-order valence-corrected chi connectivity index (χ0v) is 36.1. The molecule has 5 aliphatic rings. The van der Waals surface area contributed by atoms with E-state index in [1.807, 2.05) is 0 Å². The molecule has 3 atom stereocenters. The quantitative estimate of drug-likeness (QED) is 0.168. The minimum atomic E-state index is -0.0926. The van der Waals surface area contributed by atoms with Gasteiger partial charge in [0.25, 0.3) is 0 Å². The van der Waals surface area contributed by atoms with Gasteiger partial charge in [-0.25, -0.2) is 0 Å². The summed E-state index contributed by atoms with van der Waals surface area (Å²) >= 11 is 0. The lowest BCUT2D eigenvalue weighted by atomic mass is 9.66. The lowest BCUT2D eigenvalue weighted by Crippen LogP contribution is -2.32. The summed E-state index contributed by atoms with van der Waals surface area (Å²) in [6.45, 7) is 14.7. The SMILES string of the molecule is CC1(C)CC(C)(C)c2cc3c(cc21)-c1ccc(N(c2cccc(-c4ccc(-c5ccccc5)cc4)c2)c2ccc4c(c2)C(C)(C)c2ccccc2-4)cc1C31CC2CCC1C2. The highest BCUT2D eigenvalue weighted by Crippen LogP contribution is 2.67. The maximum absolute atomic E-state index is 2.73. The zero-order valence-electron chi connectivity index (χ0n) is 36.1. The van der Waals surface area contributed by atoms with E-state index in [1.54, 1.807) is 22.3 Å². The molecular formula is C59H55N. The molecule has 0 aromatic heterocycles. The fraction of sp³-hybridized carbons (Fsp3) is 0.288. The largest absolute Gasteiger partial charge is 0.310 e. The van der Waals surface area contributed by atoms with Crippen LogP contribution in [0.1, 0.15) is 107 Å². The van der Waals surface area contributed by atoms with E-state index in [4.69, 9.17) is 0 Å². The van der Waals surface area contributed by atoms with Crippen molar-refractivity contribution in [1.82, 2.24) is 0 Å². The van der Waals surface area contributed by atoms with Crippen molar-refractivity contribution < 1.29 is 0 Å². The Morgan fingerprint density at radius 3 is 1.68 bits per heavy atom. The molecule has 296 valence electrons. The van der Waals surface area contributed by atoms with Crippen LogP contribution in [0.25, 0.3) is 44.5 Å². The van der Waals surface area contributed by atoms with Gasteiger partial charge in [0.05, 0.1) is 0 Å². The van der Waals surface area contributed by atoms with Crippen LogP contribution in [-0.4, -0.2) is 0 Å². The fourth-order valence-electron chi connectivity index (χ4n) is 13.6. The van der Waals surface area contributed by atoms with E-state index in [9.17, 15) is 0 Å². The van der Waals surface area contributed by atoms with E-state index in [-0.39, 0.29) is 21.7 Å². The molecule has 1 spiro atoms. The molecule has 2 fully saturated rings. The summed E-state index contributed by atoms with van der Waals surface area (Å²) in [6, 6.07) is 58.3. The number of hydrogen-bond donors (Lipinski definition) is 0. The maximum atomic E-state index is 2.73. The van der Waals surface area contributed by atoms with E-state index in [2.05, 4.69) is 198 Å². The summed E-state index contributed by atoms with van der Waals surface area (Å²) in [5.74, 6) is 1.51. The lowest BCUT2D eigenvalue weighted by Gasteiger charge is -2.38. The topological polar surface area (TPSA) is 3.24 Å². The zero-order chi connectivity index (χ0) is 40.8. The molecule has 0 saturated heterocycles. The number of anilines is 3. The summed E-state index contributed by atoms with van der Waals surface area (Å²) in [6.07, 6.45) is 6.58. The van der Waals surface area contributed by atoms with Gasteiger partial charge in [-0.1, -0.05) is 157 Å². The molecule has 0 aliphatic heterocycles. The first kappa shape index (κ1) is 36.2. The van der Waals surface area contributed by atoms with Crippen LogP contribution < -0.4 is 4.90 Å². The summed E-state index contributed by atoms with van der Waals surface area (Å²) in [5.41, 5.74) is 23.8. The minimum Gasteiger partial charge on any atom is -0.310 e. The first-order valence-corrected chi connectivity index (χ1v) is 22.6. The van der Waals surface area contributed by atoms with Crippen LogP contribution in [0, 0.1) is 11.8 Å². The molecule has 0 radical (unpaired) electrons. The summed E-state index contributed by atoms with van der Waals surface area (Å²) in [5, 5.41) is 0. The molecule has 1 heteroatoms. The Bertz CT molecular complexity index is 2890. The predicted molar refractivity (Wildman–Crippen MR) is 252 cm³/mol. The van der Waals surface area contributed by atoms with Crippen LogP contribution in [0.5, 0.6) is 0 Å². The molecular weight excluding hydrogens is 723 g/mol. The first-order valence-electron chi connectivity index (χ1n) is 22.6. The Hall–Kier alpha value is -5.66. The molecule has 7 aromatic carbocycles. The molecule has 1 nitrogen and oxygen atoms in total. The van der Waals surface area contributed by atoms with Gasteiger partial charge in [-0.05, 0) is 169 Å². The van der Waals surface area contributed by atoms with Crippen LogP contribution >= 0.6 is 0 Å². The number of rotatable bonds is 5. The minimum absolute atomic E-state index is 0.0804. The van der Waals surface area contributed by atoms with Crippen molar-refractivity contribution in [2.24, 2.45) is 11.8 Å². The Balaban J connectivity index is 1.04. The van der Waals surface area contributed by atoms with Gasteiger partial charge in [-0.3, -0.25) is 0 Å². The molecule has 5 aliphatic carbocycles. The summed E-state index contributed by atoms with van der Waals surface area (Å²) in [4.78, 5) is 2.57. The van der Waals surface area contributed by atoms with Gasteiger partial charge in [-0.2, -0.15) is 0 Å². The molecule has 2 bridgehead atoms. The van der Waals surface area contributed by atoms with Crippen molar-refractivity contribution >= 4 is 17.1 Å². The van der Waals surface area contributed by atoms with Gasteiger partial charge in [0.2, 0.25) is 0 Å². The number of nitrogens with zero attached hydrogens (tertiary/aromatic N) is 1. The second-order valence-electron chi connectivity index (χ2n) is 20.9. The highest BCUT2D eigenvalue weighted by molar-refractivity contribution is 5.90. The van der Waals surface area contributed by atoms with Crippen molar-refractivity contribution in [1.29, 1.82) is 0 Å². The number of fused-ring (bicyclic) bond motifs is 12. The van der Waals surface area contributed by atoms with Crippen LogP contribution in [0.15, 0.2) is 152 Å². The number of hydrogen-bond acceptors (Lipinski definition) is 1. The van der Waals surface area contributed by atoms with Crippen molar-refractivity contribution in [3.63, 3.8) is 0 Å². The molecule has 60 heavy (non-hydrogen) atoms. The van der Waals surface area contributed by atoms with Crippen molar-refractivity contribution in [2.45, 2.75) is 95.3 Å². The smallest absolute Gasteiger partial charge is 0.0467 e. The highest BCUT2D eigenvalue weighted by atomic mass is 15.1. The van der Waals surface area contributed by atoms with Gasteiger partial charge in [0.15, 0.2) is 0 Å². The fourth-order valence-corrected chi connectivity index (χ4v) is 13.6. The van der Waals surface area contributed by atoms with Crippen molar-refractivity contribution in [2.75, 3.05) is 4.90 Å². The van der Waals surface area contributed by atoms with E-state index < -0.39 is 0 Å². The Morgan fingerprint density at radius 1 is 0.417 bits per heavy atom. The van der Waals surface area contributed by atoms with Crippen molar-refractivity contribution in [3.8, 4) is 44.5 Å². The van der Waals surface area contributed by atoms with E-state index in [0.29, 0.717) is 5.92 Å². The Kier molecular flexibility index (Phi) is 7.51. The predicted octanol–water partition coefficient (Wildman–Crippen LogP) is 15.8. The second-order valence-corrected chi connectivity index (χ2v) is 20.9. The molecule has 2 saturated carbocycles. The molecule has 7 aromatic rings. The second kappa shape index (κ2) is 12.4. The summed E-state index contributed by atoms with van der Waals surface area (Å²) in [7, 11) is 0. The average Bonchev–Trinajstić information content (AvgIpc) is 4.03. The van der Waals surface area contributed by atoms with E-state index in [0.717, 1.165) is 5.92 Å². The van der Waals surface area contributed by atoms with Gasteiger partial charge in [0.1, 0.15) is 0 Å². The average molecular weight is 778 g/mol. The first-order chi connectivity index (χ1) is 28.9. The van der Waals surface area contributed by atoms with Gasteiger partial charge in [-0.15, -0.1) is 0 Å². The van der Waals surface area contributed by atoms with Gasteiger partial charge in [0, 0.05) is 27.9 Å². The summed E-state index contributed by atoms with van der Waals surface area (Å²) < 4.78 is 0. The Morgan fingerprint density at radius 2 is 0.983 bits per heavy atom. The Labute approximate surface area is 357 Å².